The summed E-state index contributed by atoms with van der Waals surface area (Å²) < 4.78 is 0. The largest absolute Gasteiger partial charge is 0.277 e. The molecule has 0 radical (unpaired) electrons. The van der Waals surface area contributed by atoms with Crippen molar-refractivity contribution in [2.75, 3.05) is 13.3 Å². The molecule has 3 nitrogen and oxygen atoms in total. The SMILES string of the molecule is CSC1=C(S)C(=O)N(C)C1=O. The van der Waals surface area contributed by atoms with E-state index < -0.39 is 0 Å². The molecular weight excluding hydrogens is 182 g/mol. The van der Waals surface area contributed by atoms with Crippen LogP contribution in [0.5, 0.6) is 0 Å². The van der Waals surface area contributed by atoms with Crippen molar-refractivity contribution in [2.24, 2.45) is 0 Å². The quantitative estimate of drug-likeness (QED) is 0.482. The van der Waals surface area contributed by atoms with Crippen LogP contribution < -0.4 is 0 Å². The average molecular weight is 189 g/mol. The van der Waals surface area contributed by atoms with E-state index in [0.29, 0.717) is 4.91 Å². The molecule has 11 heavy (non-hydrogen) atoms. The van der Waals surface area contributed by atoms with Crippen molar-refractivity contribution < 1.29 is 9.59 Å². The van der Waals surface area contributed by atoms with E-state index >= 15 is 0 Å². The number of hydrogen-bond donors (Lipinski definition) is 1. The molecule has 0 aromatic heterocycles. The Morgan fingerprint density at radius 2 is 1.91 bits per heavy atom. The van der Waals surface area contributed by atoms with E-state index in [0.717, 1.165) is 4.90 Å². The highest BCUT2D eigenvalue weighted by atomic mass is 32.2. The maximum atomic E-state index is 11.1. The first-order valence-electron chi connectivity index (χ1n) is 2.89. The highest BCUT2D eigenvalue weighted by Crippen LogP contribution is 2.28. The molecule has 0 aromatic rings. The molecule has 2 amide bonds. The van der Waals surface area contributed by atoms with Crippen LogP contribution in [-0.2, 0) is 9.59 Å². The Morgan fingerprint density at radius 3 is 2.09 bits per heavy atom. The molecule has 0 aliphatic carbocycles. The smallest absolute Gasteiger partial charge is 0.268 e. The van der Waals surface area contributed by atoms with Gasteiger partial charge in [-0.3, -0.25) is 14.5 Å². The predicted octanol–water partition coefficient (Wildman–Crippen LogP) is 0.489. The summed E-state index contributed by atoms with van der Waals surface area (Å²) in [5.74, 6) is -0.574. The molecule has 0 aromatic carbocycles. The van der Waals surface area contributed by atoms with Gasteiger partial charge in [0.05, 0.1) is 9.81 Å². The summed E-state index contributed by atoms with van der Waals surface area (Å²) in [5.41, 5.74) is 0. The van der Waals surface area contributed by atoms with Crippen LogP contribution in [0.15, 0.2) is 9.81 Å². The van der Waals surface area contributed by atoms with Gasteiger partial charge in [0.25, 0.3) is 11.8 Å². The number of nitrogens with zero attached hydrogens (tertiary/aromatic N) is 1. The molecule has 60 valence electrons. The Hall–Kier alpha value is -0.420. The van der Waals surface area contributed by atoms with Gasteiger partial charge in [-0.25, -0.2) is 0 Å². The van der Waals surface area contributed by atoms with Gasteiger partial charge in [0.2, 0.25) is 0 Å². The maximum absolute atomic E-state index is 11.1. The molecule has 0 saturated carbocycles. The first-order valence-corrected chi connectivity index (χ1v) is 4.56. The number of carbonyl (C=O) groups excluding carboxylic acids is 2. The maximum Gasteiger partial charge on any atom is 0.268 e. The molecule has 5 heteroatoms. The minimum Gasteiger partial charge on any atom is -0.277 e. The van der Waals surface area contributed by atoms with Crippen molar-refractivity contribution in [2.45, 2.75) is 0 Å². The molecule has 0 unspecified atom stereocenters. The molecule has 1 aliphatic rings. The molecule has 0 fully saturated rings. The Bertz CT molecular complexity index is 259. The van der Waals surface area contributed by atoms with Crippen molar-refractivity contribution >= 4 is 36.2 Å². The lowest BCUT2D eigenvalue weighted by molar-refractivity contribution is -0.135. The molecule has 0 spiro atoms. The van der Waals surface area contributed by atoms with Crippen molar-refractivity contribution in [1.82, 2.24) is 4.90 Å². The minimum atomic E-state index is -0.317. The van der Waals surface area contributed by atoms with Gasteiger partial charge in [0, 0.05) is 7.05 Å². The summed E-state index contributed by atoms with van der Waals surface area (Å²) in [6.45, 7) is 0. The van der Waals surface area contributed by atoms with Crippen LogP contribution in [0.4, 0.5) is 0 Å². The van der Waals surface area contributed by atoms with Gasteiger partial charge in [-0.15, -0.1) is 24.4 Å². The number of thiol groups is 1. The molecule has 1 rings (SSSR count). The van der Waals surface area contributed by atoms with Crippen molar-refractivity contribution in [3.63, 3.8) is 0 Å². The minimum absolute atomic E-state index is 0.255. The Balaban J connectivity index is 3.08. The molecule has 0 N–H and O–H groups in total. The summed E-state index contributed by atoms with van der Waals surface area (Å²) >= 11 is 5.18. The van der Waals surface area contributed by atoms with Gasteiger partial charge >= 0.3 is 0 Å². The van der Waals surface area contributed by atoms with Gasteiger partial charge in [0.1, 0.15) is 0 Å². The summed E-state index contributed by atoms with van der Waals surface area (Å²) in [5, 5.41) is 0. The average Bonchev–Trinajstić information content (AvgIpc) is 2.17. The number of hydrogen-bond acceptors (Lipinski definition) is 4. The normalized spacial score (nSPS) is 18.6. The van der Waals surface area contributed by atoms with Crippen LogP contribution in [-0.4, -0.2) is 30.0 Å². The first-order chi connectivity index (χ1) is 5.09. The van der Waals surface area contributed by atoms with Gasteiger partial charge in [-0.1, -0.05) is 0 Å². The summed E-state index contributed by atoms with van der Waals surface area (Å²) in [6, 6.07) is 0. The fraction of sp³-hybridized carbons (Fsp3) is 0.333. The summed E-state index contributed by atoms with van der Waals surface area (Å²) in [4.78, 5) is 23.9. The molecule has 0 bridgehead atoms. The van der Waals surface area contributed by atoms with Crippen LogP contribution in [0.1, 0.15) is 0 Å². The number of thioether (sulfide) groups is 1. The van der Waals surface area contributed by atoms with Crippen LogP contribution in [0.3, 0.4) is 0 Å². The molecule has 0 atom stereocenters. The van der Waals surface area contributed by atoms with E-state index in [4.69, 9.17) is 0 Å². The van der Waals surface area contributed by atoms with Crippen molar-refractivity contribution in [1.29, 1.82) is 0 Å². The van der Waals surface area contributed by atoms with Crippen molar-refractivity contribution in [3.05, 3.63) is 9.81 Å². The van der Waals surface area contributed by atoms with Gasteiger partial charge in [-0.05, 0) is 6.26 Å². The highest BCUT2D eigenvalue weighted by molar-refractivity contribution is 8.04. The zero-order valence-electron chi connectivity index (χ0n) is 6.12. The fourth-order valence-corrected chi connectivity index (χ4v) is 1.90. The molecule has 0 saturated heterocycles. The van der Waals surface area contributed by atoms with Gasteiger partial charge in [-0.2, -0.15) is 0 Å². The van der Waals surface area contributed by atoms with E-state index in [1.165, 1.54) is 18.8 Å². The zero-order chi connectivity index (χ0) is 8.59. The first kappa shape index (κ1) is 8.67. The number of likely N-dealkylation sites (N-methyl/N-ethyl adjacent to an activating group) is 1. The van der Waals surface area contributed by atoms with E-state index in [1.54, 1.807) is 6.26 Å². The summed E-state index contributed by atoms with van der Waals surface area (Å²) in [6.07, 6.45) is 1.75. The Kier molecular flexibility index (Phi) is 2.29. The number of carbonyl (C=O) groups is 2. The second-order valence-corrected chi connectivity index (χ2v) is 3.31. The predicted molar refractivity (Wildman–Crippen MR) is 47.3 cm³/mol. The zero-order valence-corrected chi connectivity index (χ0v) is 7.83. The van der Waals surface area contributed by atoms with Crippen LogP contribution in [0, 0.1) is 0 Å². The lowest BCUT2D eigenvalue weighted by Gasteiger charge is -2.04. The second-order valence-electron chi connectivity index (χ2n) is 2.05. The van der Waals surface area contributed by atoms with E-state index in [1.807, 2.05) is 0 Å². The number of rotatable bonds is 1. The Labute approximate surface area is 74.2 Å². The monoisotopic (exact) mass is 189 g/mol. The molecule has 1 aliphatic heterocycles. The third-order valence-electron chi connectivity index (χ3n) is 1.43. The standard InChI is InChI=1S/C6H7NO2S2/c1-7-5(8)3(10)4(11-2)6(7)9/h10H,1-2H3. The molecular formula is C6H7NO2S2. The fourth-order valence-electron chi connectivity index (χ4n) is 0.786. The Morgan fingerprint density at radius 1 is 1.36 bits per heavy atom. The third-order valence-corrected chi connectivity index (χ3v) is 2.78. The van der Waals surface area contributed by atoms with Gasteiger partial charge in [0.15, 0.2) is 0 Å². The van der Waals surface area contributed by atoms with E-state index in [-0.39, 0.29) is 16.7 Å². The lowest BCUT2D eigenvalue weighted by Crippen LogP contribution is -2.26. The van der Waals surface area contributed by atoms with Crippen LogP contribution in [0.25, 0.3) is 0 Å². The van der Waals surface area contributed by atoms with Crippen molar-refractivity contribution in [3.8, 4) is 0 Å². The van der Waals surface area contributed by atoms with E-state index in [2.05, 4.69) is 12.6 Å². The van der Waals surface area contributed by atoms with Gasteiger partial charge < -0.3 is 0 Å². The van der Waals surface area contributed by atoms with Crippen LogP contribution >= 0.6 is 24.4 Å². The van der Waals surface area contributed by atoms with E-state index in [9.17, 15) is 9.59 Å². The molecule has 1 heterocycles. The topological polar surface area (TPSA) is 37.4 Å². The summed E-state index contributed by atoms with van der Waals surface area (Å²) in [7, 11) is 1.45. The number of amides is 2. The highest BCUT2D eigenvalue weighted by Gasteiger charge is 2.33. The number of imide groups is 1. The lowest BCUT2D eigenvalue weighted by atomic mass is 10.5. The second kappa shape index (κ2) is 2.91. The third kappa shape index (κ3) is 1.18. The van der Waals surface area contributed by atoms with Crippen LogP contribution in [0.2, 0.25) is 0 Å².